The molecular formula is C23H21F3N4O3S. The maximum Gasteiger partial charge on any atom is 0.416 e. The average Bonchev–Trinajstić information content (AvgIpc) is 3.44. The van der Waals surface area contributed by atoms with Crippen molar-refractivity contribution in [3.63, 3.8) is 0 Å². The second kappa shape index (κ2) is 9.88. The zero-order valence-corrected chi connectivity index (χ0v) is 18.7. The highest BCUT2D eigenvalue weighted by Crippen LogP contribution is 2.30. The molecule has 0 aliphatic carbocycles. The van der Waals surface area contributed by atoms with E-state index in [2.05, 4.69) is 20.5 Å². The summed E-state index contributed by atoms with van der Waals surface area (Å²) in [6, 6.07) is 10.2. The number of carbonyl (C=O) groups excluding carboxylic acids is 3. The number of anilines is 2. The number of thioether (sulfide) groups is 1. The summed E-state index contributed by atoms with van der Waals surface area (Å²) in [4.78, 5) is 43.1. The van der Waals surface area contributed by atoms with E-state index in [9.17, 15) is 27.6 Å². The van der Waals surface area contributed by atoms with Crippen molar-refractivity contribution < 1.29 is 27.6 Å². The first-order valence-corrected chi connectivity index (χ1v) is 11.5. The monoisotopic (exact) mass is 490 g/mol. The van der Waals surface area contributed by atoms with Crippen LogP contribution in [0, 0.1) is 0 Å². The van der Waals surface area contributed by atoms with E-state index in [0.717, 1.165) is 38.1 Å². The minimum atomic E-state index is -4.45. The van der Waals surface area contributed by atoms with Gasteiger partial charge in [0.25, 0.3) is 11.8 Å². The number of likely N-dealkylation sites (tertiary alicyclic amines) is 1. The van der Waals surface area contributed by atoms with E-state index in [1.54, 1.807) is 0 Å². The first-order valence-electron chi connectivity index (χ1n) is 10.6. The lowest BCUT2D eigenvalue weighted by Gasteiger charge is -2.16. The molecule has 11 heteroatoms. The molecule has 2 heterocycles. The van der Waals surface area contributed by atoms with Crippen molar-refractivity contribution in [2.24, 2.45) is 4.99 Å². The second-order valence-electron chi connectivity index (χ2n) is 7.89. The molecule has 178 valence electrons. The summed E-state index contributed by atoms with van der Waals surface area (Å²) in [5.74, 6) is -1.15. The Bertz CT molecular complexity index is 1110. The van der Waals surface area contributed by atoms with E-state index in [0.29, 0.717) is 10.9 Å². The van der Waals surface area contributed by atoms with Gasteiger partial charge in [-0.15, -0.1) is 0 Å². The van der Waals surface area contributed by atoms with Crippen LogP contribution in [-0.4, -0.2) is 46.1 Å². The second-order valence-corrected chi connectivity index (χ2v) is 9.06. The number of amides is 3. The summed E-state index contributed by atoms with van der Waals surface area (Å²) >= 11 is 1.31. The van der Waals surface area contributed by atoms with Crippen molar-refractivity contribution in [3.8, 4) is 0 Å². The zero-order chi connectivity index (χ0) is 24.3. The van der Waals surface area contributed by atoms with E-state index in [1.165, 1.54) is 48.2 Å². The number of benzene rings is 2. The van der Waals surface area contributed by atoms with Crippen molar-refractivity contribution in [2.45, 2.75) is 30.7 Å². The Morgan fingerprint density at radius 1 is 0.971 bits per heavy atom. The lowest BCUT2D eigenvalue weighted by Crippen LogP contribution is -2.25. The van der Waals surface area contributed by atoms with E-state index in [1.807, 2.05) is 0 Å². The number of halogens is 3. The van der Waals surface area contributed by atoms with Gasteiger partial charge in [-0.25, -0.2) is 0 Å². The van der Waals surface area contributed by atoms with Crippen LogP contribution in [0.15, 0.2) is 53.5 Å². The predicted octanol–water partition coefficient (Wildman–Crippen LogP) is 4.38. The highest BCUT2D eigenvalue weighted by Gasteiger charge is 2.34. The minimum Gasteiger partial charge on any atom is -0.351 e. The van der Waals surface area contributed by atoms with Gasteiger partial charge in [0.05, 0.1) is 5.56 Å². The van der Waals surface area contributed by atoms with Crippen LogP contribution in [0.25, 0.3) is 0 Å². The summed E-state index contributed by atoms with van der Waals surface area (Å²) < 4.78 is 37.9. The van der Waals surface area contributed by atoms with Gasteiger partial charge in [0.2, 0.25) is 5.91 Å². The molecule has 34 heavy (non-hydrogen) atoms. The molecule has 0 aromatic heterocycles. The number of nitrogens with zero attached hydrogens (tertiary/aromatic N) is 2. The van der Waals surface area contributed by atoms with E-state index < -0.39 is 22.9 Å². The molecule has 1 fully saturated rings. The molecule has 3 amide bonds. The van der Waals surface area contributed by atoms with Crippen LogP contribution in [0.3, 0.4) is 0 Å². The van der Waals surface area contributed by atoms with E-state index in [-0.39, 0.29) is 29.5 Å². The third-order valence-corrected chi connectivity index (χ3v) is 6.59. The van der Waals surface area contributed by atoms with Gasteiger partial charge < -0.3 is 15.5 Å². The largest absolute Gasteiger partial charge is 0.416 e. The van der Waals surface area contributed by atoms with Gasteiger partial charge in [0.1, 0.15) is 5.25 Å². The van der Waals surface area contributed by atoms with Crippen LogP contribution in [0.4, 0.5) is 24.5 Å². The maximum atomic E-state index is 12.6. The van der Waals surface area contributed by atoms with Gasteiger partial charge in [-0.1, -0.05) is 11.8 Å². The Hall–Kier alpha value is -3.34. The molecule has 0 radical (unpaired) electrons. The molecule has 2 aliphatic heterocycles. The van der Waals surface area contributed by atoms with Crippen molar-refractivity contribution in [1.82, 2.24) is 4.90 Å². The summed E-state index contributed by atoms with van der Waals surface area (Å²) in [7, 11) is 0. The number of rotatable bonds is 5. The number of carbonyl (C=O) groups is 3. The number of hydrogen-bond acceptors (Lipinski definition) is 5. The van der Waals surface area contributed by atoms with E-state index in [4.69, 9.17) is 0 Å². The van der Waals surface area contributed by atoms with Crippen LogP contribution in [0.2, 0.25) is 0 Å². The summed E-state index contributed by atoms with van der Waals surface area (Å²) in [5, 5.41) is 5.36. The number of hydrogen-bond donors (Lipinski definition) is 2. The average molecular weight is 491 g/mol. The Morgan fingerprint density at radius 2 is 1.56 bits per heavy atom. The Morgan fingerprint density at radius 3 is 2.18 bits per heavy atom. The Kier molecular flexibility index (Phi) is 6.92. The third-order valence-electron chi connectivity index (χ3n) is 5.38. The molecule has 1 atom stereocenters. The van der Waals surface area contributed by atoms with Crippen LogP contribution in [-0.2, 0) is 15.8 Å². The third kappa shape index (κ3) is 5.77. The van der Waals surface area contributed by atoms with Gasteiger partial charge in [0.15, 0.2) is 5.17 Å². The van der Waals surface area contributed by atoms with Crippen LogP contribution in [0.1, 0.15) is 35.2 Å². The molecule has 0 spiro atoms. The quantitative estimate of drug-likeness (QED) is 0.649. The highest BCUT2D eigenvalue weighted by molar-refractivity contribution is 8.15. The fourth-order valence-electron chi connectivity index (χ4n) is 3.58. The van der Waals surface area contributed by atoms with E-state index >= 15 is 0 Å². The van der Waals surface area contributed by atoms with Crippen molar-refractivity contribution in [2.75, 3.05) is 23.7 Å². The molecule has 1 unspecified atom stereocenters. The fourth-order valence-corrected chi connectivity index (χ4v) is 4.70. The first kappa shape index (κ1) is 23.8. The SMILES string of the molecule is O=C(CC1SC(N2CCCC2)=NC1=O)Nc1ccc(C(=O)Nc2ccc(C(F)(F)F)cc2)cc1. The van der Waals surface area contributed by atoms with Gasteiger partial charge in [-0.2, -0.15) is 18.2 Å². The van der Waals surface area contributed by atoms with Crippen molar-refractivity contribution in [3.05, 3.63) is 59.7 Å². The molecule has 0 bridgehead atoms. The minimum absolute atomic E-state index is 0.0134. The molecule has 2 aliphatic rings. The van der Waals surface area contributed by atoms with Crippen LogP contribution < -0.4 is 10.6 Å². The summed E-state index contributed by atoms with van der Waals surface area (Å²) in [6.45, 7) is 1.74. The number of alkyl halides is 3. The van der Waals surface area contributed by atoms with Crippen LogP contribution >= 0.6 is 11.8 Å². The molecule has 2 aromatic carbocycles. The summed E-state index contributed by atoms with van der Waals surface area (Å²) in [5.41, 5.74) is 0.141. The maximum absolute atomic E-state index is 12.6. The molecule has 2 N–H and O–H groups in total. The van der Waals surface area contributed by atoms with Gasteiger partial charge in [-0.05, 0) is 61.4 Å². The Balaban J connectivity index is 1.28. The highest BCUT2D eigenvalue weighted by atomic mass is 32.2. The topological polar surface area (TPSA) is 90.9 Å². The number of nitrogens with one attached hydrogen (secondary N) is 2. The molecule has 7 nitrogen and oxygen atoms in total. The lowest BCUT2D eigenvalue weighted by atomic mass is 10.1. The first-order chi connectivity index (χ1) is 16.2. The summed E-state index contributed by atoms with van der Waals surface area (Å²) in [6.07, 6.45) is -2.33. The lowest BCUT2D eigenvalue weighted by molar-refractivity contribution is -0.137. The van der Waals surface area contributed by atoms with Gasteiger partial charge in [-0.3, -0.25) is 14.4 Å². The molecule has 2 aromatic rings. The molecule has 4 rings (SSSR count). The standard InChI is InChI=1S/C23H21F3N4O3S/c24-23(25,26)15-5-9-17(10-6-15)28-20(32)14-3-7-16(8-4-14)27-19(31)13-18-21(33)29-22(34-18)30-11-1-2-12-30/h3-10,18H,1-2,11-13H2,(H,27,31)(H,28,32). The van der Waals surface area contributed by atoms with Crippen molar-refractivity contribution >= 4 is 46.0 Å². The number of aliphatic imine (C=N–C) groups is 1. The normalized spacial score (nSPS) is 18.1. The van der Waals surface area contributed by atoms with Gasteiger partial charge >= 0.3 is 6.18 Å². The fraction of sp³-hybridized carbons (Fsp3) is 0.304. The zero-order valence-electron chi connectivity index (χ0n) is 17.9. The van der Waals surface area contributed by atoms with Crippen molar-refractivity contribution in [1.29, 1.82) is 0 Å². The molecule has 1 saturated heterocycles. The van der Waals surface area contributed by atoms with Gasteiger partial charge in [0, 0.05) is 36.4 Å². The molecule has 0 saturated carbocycles. The number of amidine groups is 1. The Labute approximate surface area is 197 Å². The molecular weight excluding hydrogens is 469 g/mol. The predicted molar refractivity (Wildman–Crippen MR) is 124 cm³/mol. The smallest absolute Gasteiger partial charge is 0.351 e. The van der Waals surface area contributed by atoms with Crippen LogP contribution in [0.5, 0.6) is 0 Å².